The predicted octanol–water partition coefficient (Wildman–Crippen LogP) is 5.45. The van der Waals surface area contributed by atoms with E-state index in [0.29, 0.717) is 46.1 Å². The molecule has 0 radical (unpaired) electrons. The fourth-order valence-corrected chi connectivity index (χ4v) is 3.73. The highest BCUT2D eigenvalue weighted by molar-refractivity contribution is 6.13. The normalized spacial score (nSPS) is 11.9. The molecule has 1 N–H and O–H groups in total. The quantitative estimate of drug-likeness (QED) is 0.390. The fourth-order valence-electron chi connectivity index (χ4n) is 3.73. The number of anilines is 1. The lowest BCUT2D eigenvalue weighted by atomic mass is 10.0. The predicted molar refractivity (Wildman–Crippen MR) is 128 cm³/mol. The van der Waals surface area contributed by atoms with Crippen LogP contribution in [0.5, 0.6) is 11.5 Å². The van der Waals surface area contributed by atoms with Gasteiger partial charge in [-0.25, -0.2) is 9.78 Å². The van der Waals surface area contributed by atoms with Gasteiger partial charge < -0.3 is 19.5 Å². The van der Waals surface area contributed by atoms with Crippen molar-refractivity contribution in [3.63, 3.8) is 0 Å². The SMILES string of the molecule is CCCOC(=O)c1ccc(NC(=O)c2cc(-c3ccc4c(c3)OCO4)nc3ccccc23)cc1. The van der Waals surface area contributed by atoms with Crippen LogP contribution in [-0.4, -0.2) is 30.3 Å². The summed E-state index contributed by atoms with van der Waals surface area (Å²) in [5.41, 5.74) is 3.67. The molecule has 7 heteroatoms. The topological polar surface area (TPSA) is 86.8 Å². The number of para-hydroxylation sites is 1. The number of ether oxygens (including phenoxy) is 3. The summed E-state index contributed by atoms with van der Waals surface area (Å²) in [6.45, 7) is 2.50. The average molecular weight is 454 g/mol. The van der Waals surface area contributed by atoms with E-state index in [1.165, 1.54) is 0 Å². The van der Waals surface area contributed by atoms with E-state index >= 15 is 0 Å². The molecule has 1 aliphatic rings. The highest BCUT2D eigenvalue weighted by atomic mass is 16.7. The fraction of sp³-hybridized carbons (Fsp3) is 0.148. The van der Waals surface area contributed by atoms with E-state index < -0.39 is 0 Å². The number of esters is 1. The first-order valence-corrected chi connectivity index (χ1v) is 11.0. The van der Waals surface area contributed by atoms with Gasteiger partial charge >= 0.3 is 5.97 Å². The highest BCUT2D eigenvalue weighted by Crippen LogP contribution is 2.36. The molecule has 170 valence electrons. The van der Waals surface area contributed by atoms with Gasteiger partial charge in [0.1, 0.15) is 0 Å². The smallest absolute Gasteiger partial charge is 0.338 e. The monoisotopic (exact) mass is 454 g/mol. The van der Waals surface area contributed by atoms with Gasteiger partial charge in [-0.1, -0.05) is 25.1 Å². The van der Waals surface area contributed by atoms with Crippen molar-refractivity contribution in [3.8, 4) is 22.8 Å². The van der Waals surface area contributed by atoms with Crippen molar-refractivity contribution in [3.05, 3.63) is 83.9 Å². The zero-order chi connectivity index (χ0) is 23.5. The molecule has 0 bridgehead atoms. The number of fused-ring (bicyclic) bond motifs is 2. The lowest BCUT2D eigenvalue weighted by Gasteiger charge is -2.11. The third-order valence-corrected chi connectivity index (χ3v) is 5.44. The largest absolute Gasteiger partial charge is 0.462 e. The Morgan fingerprint density at radius 1 is 0.971 bits per heavy atom. The Morgan fingerprint density at radius 2 is 1.76 bits per heavy atom. The van der Waals surface area contributed by atoms with Crippen molar-refractivity contribution >= 4 is 28.5 Å². The first-order chi connectivity index (χ1) is 16.6. The minimum Gasteiger partial charge on any atom is -0.462 e. The molecular formula is C27H22N2O5. The van der Waals surface area contributed by atoms with Crippen LogP contribution in [0.2, 0.25) is 0 Å². The summed E-state index contributed by atoms with van der Waals surface area (Å²) in [6.07, 6.45) is 0.758. The van der Waals surface area contributed by atoms with Crippen LogP contribution in [0.1, 0.15) is 34.1 Å². The van der Waals surface area contributed by atoms with Crippen molar-refractivity contribution in [2.45, 2.75) is 13.3 Å². The molecule has 1 aromatic heterocycles. The summed E-state index contributed by atoms with van der Waals surface area (Å²) in [4.78, 5) is 30.0. The second kappa shape index (κ2) is 9.23. The lowest BCUT2D eigenvalue weighted by molar-refractivity contribution is 0.0505. The molecule has 0 aliphatic carbocycles. The van der Waals surface area contributed by atoms with Gasteiger partial charge in [0.15, 0.2) is 11.5 Å². The minimum atomic E-state index is -0.381. The van der Waals surface area contributed by atoms with Gasteiger partial charge in [-0.15, -0.1) is 0 Å². The van der Waals surface area contributed by atoms with Crippen LogP contribution >= 0.6 is 0 Å². The van der Waals surface area contributed by atoms with Crippen LogP contribution in [0.25, 0.3) is 22.2 Å². The van der Waals surface area contributed by atoms with Crippen LogP contribution in [0.4, 0.5) is 5.69 Å². The molecule has 2 heterocycles. The highest BCUT2D eigenvalue weighted by Gasteiger charge is 2.18. The number of carbonyl (C=O) groups excluding carboxylic acids is 2. The van der Waals surface area contributed by atoms with Gasteiger partial charge in [-0.05, 0) is 61.0 Å². The summed E-state index contributed by atoms with van der Waals surface area (Å²) in [5, 5.41) is 3.66. The number of aromatic nitrogens is 1. The molecule has 0 fully saturated rings. The third kappa shape index (κ3) is 4.28. The zero-order valence-electron chi connectivity index (χ0n) is 18.5. The minimum absolute atomic E-state index is 0.187. The maximum atomic E-state index is 13.3. The molecule has 0 spiro atoms. The van der Waals surface area contributed by atoms with Crippen LogP contribution in [-0.2, 0) is 4.74 Å². The Labute approximate surface area is 196 Å². The van der Waals surface area contributed by atoms with Crippen molar-refractivity contribution in [2.75, 3.05) is 18.7 Å². The number of amides is 1. The standard InChI is InChI=1S/C27H22N2O5/c1-2-13-32-27(31)17-7-10-19(11-8-17)28-26(30)21-15-23(29-22-6-4-3-5-20(21)22)18-9-12-24-25(14-18)34-16-33-24/h3-12,14-15H,2,13,16H2,1H3,(H,28,30). The summed E-state index contributed by atoms with van der Waals surface area (Å²) in [5.74, 6) is 0.677. The van der Waals surface area contributed by atoms with Crippen molar-refractivity contribution in [2.24, 2.45) is 0 Å². The molecule has 0 saturated heterocycles. The van der Waals surface area contributed by atoms with Gasteiger partial charge in [0, 0.05) is 16.6 Å². The number of nitrogens with one attached hydrogen (secondary N) is 1. The molecule has 5 rings (SSSR count). The number of hydrogen-bond acceptors (Lipinski definition) is 6. The van der Waals surface area contributed by atoms with Gasteiger partial charge in [0.25, 0.3) is 5.91 Å². The molecule has 4 aromatic rings. The second-order valence-electron chi connectivity index (χ2n) is 7.81. The van der Waals surface area contributed by atoms with E-state index in [4.69, 9.17) is 19.2 Å². The van der Waals surface area contributed by atoms with Crippen molar-refractivity contribution in [1.82, 2.24) is 4.98 Å². The van der Waals surface area contributed by atoms with Gasteiger partial charge in [0.05, 0.1) is 28.9 Å². The Kier molecular flexibility index (Phi) is 5.82. The number of carbonyl (C=O) groups is 2. The molecule has 0 unspecified atom stereocenters. The van der Waals surface area contributed by atoms with Crippen LogP contribution in [0.3, 0.4) is 0 Å². The Balaban J connectivity index is 1.44. The van der Waals surface area contributed by atoms with E-state index in [1.54, 1.807) is 30.3 Å². The number of rotatable bonds is 6. The lowest BCUT2D eigenvalue weighted by Crippen LogP contribution is -2.13. The third-order valence-electron chi connectivity index (χ3n) is 5.44. The summed E-state index contributed by atoms with van der Waals surface area (Å²) in [7, 11) is 0. The second-order valence-corrected chi connectivity index (χ2v) is 7.81. The molecule has 1 amide bonds. The van der Waals surface area contributed by atoms with Gasteiger partial charge in [-0.2, -0.15) is 0 Å². The zero-order valence-corrected chi connectivity index (χ0v) is 18.5. The summed E-state index contributed by atoms with van der Waals surface area (Å²) < 4.78 is 16.0. The Morgan fingerprint density at radius 3 is 2.59 bits per heavy atom. The van der Waals surface area contributed by atoms with E-state index in [-0.39, 0.29) is 18.7 Å². The summed E-state index contributed by atoms with van der Waals surface area (Å²) >= 11 is 0. The van der Waals surface area contributed by atoms with E-state index in [0.717, 1.165) is 17.4 Å². The summed E-state index contributed by atoms with van der Waals surface area (Å²) in [6, 6.07) is 21.5. The van der Waals surface area contributed by atoms with E-state index in [2.05, 4.69) is 5.32 Å². The van der Waals surface area contributed by atoms with Crippen LogP contribution < -0.4 is 14.8 Å². The van der Waals surface area contributed by atoms with Crippen molar-refractivity contribution in [1.29, 1.82) is 0 Å². The molecule has 1 aliphatic heterocycles. The van der Waals surface area contributed by atoms with Gasteiger partial charge in [-0.3, -0.25) is 4.79 Å². The first kappa shape index (κ1) is 21.5. The molecule has 34 heavy (non-hydrogen) atoms. The molecule has 0 atom stereocenters. The molecule has 0 saturated carbocycles. The molecular weight excluding hydrogens is 432 g/mol. The molecule has 3 aromatic carbocycles. The number of benzene rings is 3. The van der Waals surface area contributed by atoms with E-state index in [9.17, 15) is 9.59 Å². The Bertz CT molecular complexity index is 1380. The van der Waals surface area contributed by atoms with Crippen LogP contribution in [0, 0.1) is 0 Å². The number of hydrogen-bond donors (Lipinski definition) is 1. The van der Waals surface area contributed by atoms with Gasteiger partial charge in [0.2, 0.25) is 6.79 Å². The first-order valence-electron chi connectivity index (χ1n) is 11.0. The van der Waals surface area contributed by atoms with Crippen LogP contribution in [0.15, 0.2) is 72.8 Å². The average Bonchev–Trinajstić information content (AvgIpc) is 3.35. The Hall–Kier alpha value is -4.39. The number of nitrogens with zero attached hydrogens (tertiary/aromatic N) is 1. The van der Waals surface area contributed by atoms with Crippen molar-refractivity contribution < 1.29 is 23.8 Å². The molecule has 7 nitrogen and oxygen atoms in total. The maximum absolute atomic E-state index is 13.3. The van der Waals surface area contributed by atoms with E-state index in [1.807, 2.05) is 49.4 Å². The maximum Gasteiger partial charge on any atom is 0.338 e. The number of pyridine rings is 1.